The van der Waals surface area contributed by atoms with Crippen molar-refractivity contribution in [3.05, 3.63) is 29.8 Å². The summed E-state index contributed by atoms with van der Waals surface area (Å²) in [5.41, 5.74) is 0.128. The molecule has 2 rings (SSSR count). The van der Waals surface area contributed by atoms with Gasteiger partial charge in [0.1, 0.15) is 12.7 Å². The molecule has 1 aromatic rings. The molecule has 0 aromatic heterocycles. The van der Waals surface area contributed by atoms with E-state index in [1.54, 1.807) is 0 Å². The number of benzene rings is 1. The molecule has 0 saturated carbocycles. The first-order valence-corrected chi connectivity index (χ1v) is 9.53. The van der Waals surface area contributed by atoms with E-state index in [-0.39, 0.29) is 29.5 Å². The molecular formula is C16H22FN3O4S. The molecule has 1 heterocycles. The average molecular weight is 371 g/mol. The Morgan fingerprint density at radius 2 is 2.08 bits per heavy atom. The molecule has 0 radical (unpaired) electrons. The van der Waals surface area contributed by atoms with Gasteiger partial charge in [0, 0.05) is 25.7 Å². The number of likely N-dealkylation sites (N-methyl/N-ethyl adjacent to an activating group) is 1. The van der Waals surface area contributed by atoms with Crippen molar-refractivity contribution in [2.45, 2.75) is 30.2 Å². The molecule has 9 heteroatoms. The lowest BCUT2D eigenvalue weighted by atomic mass is 10.0. The summed E-state index contributed by atoms with van der Waals surface area (Å²) in [7, 11) is -2.45. The fraction of sp³-hybridized carbons (Fsp3) is 0.500. The van der Waals surface area contributed by atoms with E-state index in [2.05, 4.69) is 10.6 Å². The summed E-state index contributed by atoms with van der Waals surface area (Å²) in [6.07, 6.45) is 1.90. The van der Waals surface area contributed by atoms with Crippen LogP contribution in [-0.2, 0) is 14.8 Å². The van der Waals surface area contributed by atoms with Crippen LogP contribution in [-0.4, -0.2) is 57.4 Å². The van der Waals surface area contributed by atoms with Crippen LogP contribution in [0.2, 0.25) is 0 Å². The van der Waals surface area contributed by atoms with Gasteiger partial charge in [0.05, 0.1) is 4.90 Å². The molecule has 0 aliphatic carbocycles. The molecule has 1 fully saturated rings. The summed E-state index contributed by atoms with van der Waals surface area (Å²) in [5, 5.41) is 4.85. The van der Waals surface area contributed by atoms with Crippen molar-refractivity contribution in [1.29, 1.82) is 0 Å². The van der Waals surface area contributed by atoms with Gasteiger partial charge in [-0.1, -0.05) is 12.5 Å². The Morgan fingerprint density at radius 1 is 1.32 bits per heavy atom. The number of nitrogens with one attached hydrogen (secondary N) is 2. The molecule has 1 aromatic carbocycles. The molecule has 7 nitrogen and oxygen atoms in total. The van der Waals surface area contributed by atoms with Crippen molar-refractivity contribution in [3.63, 3.8) is 0 Å². The number of sulfonamides is 1. The first kappa shape index (κ1) is 19.3. The highest BCUT2D eigenvalue weighted by molar-refractivity contribution is 7.89. The Bertz CT molecular complexity index is 739. The number of piperidine rings is 1. The van der Waals surface area contributed by atoms with E-state index < -0.39 is 28.6 Å². The SMILES string of the molecule is CNC(=O)[C@@H]1CCCCN1S(=O)(=O)c1cccc(C(=O)NCCF)c1. The second-order valence-corrected chi connectivity index (χ2v) is 7.60. The molecule has 0 spiro atoms. The monoisotopic (exact) mass is 371 g/mol. The van der Waals surface area contributed by atoms with Gasteiger partial charge in [-0.25, -0.2) is 12.8 Å². The minimum atomic E-state index is -3.92. The highest BCUT2D eigenvalue weighted by Crippen LogP contribution is 2.26. The molecule has 0 bridgehead atoms. The molecule has 2 amide bonds. The predicted octanol–water partition coefficient (Wildman–Crippen LogP) is 0.675. The van der Waals surface area contributed by atoms with Gasteiger partial charge in [0.15, 0.2) is 0 Å². The van der Waals surface area contributed by atoms with E-state index in [0.29, 0.717) is 12.8 Å². The fourth-order valence-corrected chi connectivity index (χ4v) is 4.52. The first-order chi connectivity index (χ1) is 11.9. The Morgan fingerprint density at radius 3 is 2.76 bits per heavy atom. The number of rotatable bonds is 6. The zero-order chi connectivity index (χ0) is 18.4. The van der Waals surface area contributed by atoms with Crippen molar-refractivity contribution in [1.82, 2.24) is 14.9 Å². The summed E-state index contributed by atoms with van der Waals surface area (Å²) in [6, 6.07) is 4.79. The van der Waals surface area contributed by atoms with Gasteiger partial charge in [-0.05, 0) is 31.0 Å². The largest absolute Gasteiger partial charge is 0.358 e. The summed E-state index contributed by atoms with van der Waals surface area (Å²) in [4.78, 5) is 23.9. The van der Waals surface area contributed by atoms with E-state index in [9.17, 15) is 22.4 Å². The lowest BCUT2D eigenvalue weighted by Crippen LogP contribution is -2.51. The number of halogens is 1. The summed E-state index contributed by atoms with van der Waals surface area (Å²) >= 11 is 0. The van der Waals surface area contributed by atoms with E-state index in [1.807, 2.05) is 0 Å². The molecule has 1 atom stereocenters. The van der Waals surface area contributed by atoms with Gasteiger partial charge in [0.2, 0.25) is 15.9 Å². The maximum Gasteiger partial charge on any atom is 0.251 e. The maximum atomic E-state index is 13.0. The Labute approximate surface area is 146 Å². The van der Waals surface area contributed by atoms with Crippen LogP contribution < -0.4 is 10.6 Å². The van der Waals surface area contributed by atoms with E-state index >= 15 is 0 Å². The zero-order valence-corrected chi connectivity index (χ0v) is 14.8. The number of alkyl halides is 1. The van der Waals surface area contributed by atoms with Gasteiger partial charge in [0.25, 0.3) is 5.91 Å². The first-order valence-electron chi connectivity index (χ1n) is 8.09. The number of carbonyl (C=O) groups is 2. The van der Waals surface area contributed by atoms with Crippen molar-refractivity contribution in [3.8, 4) is 0 Å². The van der Waals surface area contributed by atoms with Crippen LogP contribution >= 0.6 is 0 Å². The fourth-order valence-electron chi connectivity index (χ4n) is 2.82. The number of hydrogen-bond acceptors (Lipinski definition) is 4. The lowest BCUT2D eigenvalue weighted by Gasteiger charge is -2.33. The summed E-state index contributed by atoms with van der Waals surface area (Å²) < 4.78 is 39.3. The zero-order valence-electron chi connectivity index (χ0n) is 14.0. The quantitative estimate of drug-likeness (QED) is 0.768. The molecule has 25 heavy (non-hydrogen) atoms. The maximum absolute atomic E-state index is 13.0. The Balaban J connectivity index is 2.32. The smallest absolute Gasteiger partial charge is 0.251 e. The molecule has 0 unspecified atom stereocenters. The third kappa shape index (κ3) is 4.35. The van der Waals surface area contributed by atoms with E-state index in [0.717, 1.165) is 6.42 Å². The summed E-state index contributed by atoms with van der Waals surface area (Å²) in [6.45, 7) is -0.593. The third-order valence-electron chi connectivity index (χ3n) is 4.09. The molecule has 1 saturated heterocycles. The van der Waals surface area contributed by atoms with Crippen LogP contribution in [0.25, 0.3) is 0 Å². The van der Waals surface area contributed by atoms with Crippen LogP contribution in [0.1, 0.15) is 29.6 Å². The van der Waals surface area contributed by atoms with Crippen molar-refractivity contribution >= 4 is 21.8 Å². The topological polar surface area (TPSA) is 95.6 Å². The van der Waals surface area contributed by atoms with Gasteiger partial charge in [-0.15, -0.1) is 0 Å². The molecule has 138 valence electrons. The standard InChI is InChI=1S/C16H22FN3O4S/c1-18-16(22)14-7-2-3-10-20(14)25(23,24)13-6-4-5-12(11-13)15(21)19-9-8-17/h4-6,11,14H,2-3,7-10H2,1H3,(H,18,22)(H,19,21)/t14-/m0/s1. The predicted molar refractivity (Wildman–Crippen MR) is 90.3 cm³/mol. The highest BCUT2D eigenvalue weighted by Gasteiger charge is 2.37. The van der Waals surface area contributed by atoms with E-state index in [4.69, 9.17) is 0 Å². The second-order valence-electron chi connectivity index (χ2n) is 5.71. The van der Waals surface area contributed by atoms with Crippen LogP contribution in [0.3, 0.4) is 0 Å². The van der Waals surface area contributed by atoms with E-state index in [1.165, 1.54) is 35.6 Å². The average Bonchev–Trinajstić information content (AvgIpc) is 2.65. The van der Waals surface area contributed by atoms with Crippen LogP contribution in [0.15, 0.2) is 29.2 Å². The molecule has 1 aliphatic rings. The van der Waals surface area contributed by atoms with Gasteiger partial charge in [-0.2, -0.15) is 4.31 Å². The van der Waals surface area contributed by atoms with Crippen LogP contribution in [0.4, 0.5) is 4.39 Å². The normalized spacial score (nSPS) is 18.6. The highest BCUT2D eigenvalue weighted by atomic mass is 32.2. The lowest BCUT2D eigenvalue weighted by molar-refractivity contribution is -0.125. The Hall–Kier alpha value is -2.00. The Kier molecular flexibility index (Phi) is 6.49. The number of nitrogens with zero attached hydrogens (tertiary/aromatic N) is 1. The number of carbonyl (C=O) groups excluding carboxylic acids is 2. The van der Waals surface area contributed by atoms with Crippen molar-refractivity contribution in [2.75, 3.05) is 26.8 Å². The molecule has 2 N–H and O–H groups in total. The minimum absolute atomic E-state index is 0.0591. The summed E-state index contributed by atoms with van der Waals surface area (Å²) in [5.74, 6) is -0.892. The van der Waals surface area contributed by atoms with Gasteiger partial charge in [-0.3, -0.25) is 9.59 Å². The third-order valence-corrected chi connectivity index (χ3v) is 5.99. The molecular weight excluding hydrogens is 349 g/mol. The minimum Gasteiger partial charge on any atom is -0.358 e. The second kappa shape index (κ2) is 8.39. The number of hydrogen-bond donors (Lipinski definition) is 2. The van der Waals surface area contributed by atoms with Crippen molar-refractivity contribution in [2.24, 2.45) is 0 Å². The molecule has 1 aliphatic heterocycles. The van der Waals surface area contributed by atoms with Crippen LogP contribution in [0.5, 0.6) is 0 Å². The van der Waals surface area contributed by atoms with Crippen molar-refractivity contribution < 1.29 is 22.4 Å². The van der Waals surface area contributed by atoms with Gasteiger partial charge < -0.3 is 10.6 Å². The van der Waals surface area contributed by atoms with Crippen LogP contribution in [0, 0.1) is 0 Å². The van der Waals surface area contributed by atoms with Gasteiger partial charge >= 0.3 is 0 Å². The number of amides is 2.